The zero-order chi connectivity index (χ0) is 20.1. The number of aromatic nitrogens is 2. The van der Waals surface area contributed by atoms with Crippen LogP contribution in [0, 0.1) is 12.7 Å². The van der Waals surface area contributed by atoms with E-state index in [1.165, 1.54) is 12.1 Å². The SMILES string of the molecule is COc1cc(C)ccc1OCC(=O)NC(c1ccc(F)cc1)c1nccn1C. The molecule has 0 aliphatic heterocycles. The summed E-state index contributed by atoms with van der Waals surface area (Å²) in [7, 11) is 3.38. The average molecular weight is 383 g/mol. The van der Waals surface area contributed by atoms with Gasteiger partial charge in [0.1, 0.15) is 17.7 Å². The molecule has 0 saturated heterocycles. The van der Waals surface area contributed by atoms with Gasteiger partial charge >= 0.3 is 0 Å². The van der Waals surface area contributed by atoms with Gasteiger partial charge in [-0.2, -0.15) is 0 Å². The maximum absolute atomic E-state index is 13.3. The van der Waals surface area contributed by atoms with Gasteiger partial charge in [-0.3, -0.25) is 4.79 Å². The van der Waals surface area contributed by atoms with Gasteiger partial charge in [0.15, 0.2) is 18.1 Å². The Balaban J connectivity index is 1.75. The molecular weight excluding hydrogens is 361 g/mol. The van der Waals surface area contributed by atoms with Crippen molar-refractivity contribution < 1.29 is 18.7 Å². The molecule has 1 unspecified atom stereocenters. The van der Waals surface area contributed by atoms with Crippen molar-refractivity contribution in [2.75, 3.05) is 13.7 Å². The Bertz CT molecular complexity index is 954. The monoisotopic (exact) mass is 383 g/mol. The van der Waals surface area contributed by atoms with E-state index >= 15 is 0 Å². The summed E-state index contributed by atoms with van der Waals surface area (Å²) in [5.41, 5.74) is 1.75. The molecule has 0 aliphatic carbocycles. The minimum absolute atomic E-state index is 0.193. The lowest BCUT2D eigenvalue weighted by Crippen LogP contribution is -2.34. The molecule has 1 aromatic heterocycles. The normalized spacial score (nSPS) is 11.7. The van der Waals surface area contributed by atoms with Gasteiger partial charge in [0.25, 0.3) is 5.91 Å². The van der Waals surface area contributed by atoms with E-state index in [4.69, 9.17) is 9.47 Å². The van der Waals surface area contributed by atoms with Crippen molar-refractivity contribution in [1.82, 2.24) is 14.9 Å². The summed E-state index contributed by atoms with van der Waals surface area (Å²) in [6.07, 6.45) is 3.43. The smallest absolute Gasteiger partial charge is 0.258 e. The highest BCUT2D eigenvalue weighted by molar-refractivity contribution is 5.78. The molecule has 1 heterocycles. The molecule has 1 N–H and O–H groups in total. The first-order valence-corrected chi connectivity index (χ1v) is 8.77. The highest BCUT2D eigenvalue weighted by Crippen LogP contribution is 2.28. The van der Waals surface area contributed by atoms with Gasteiger partial charge in [-0.1, -0.05) is 18.2 Å². The lowest BCUT2D eigenvalue weighted by atomic mass is 10.1. The van der Waals surface area contributed by atoms with Gasteiger partial charge < -0.3 is 19.4 Å². The van der Waals surface area contributed by atoms with E-state index in [9.17, 15) is 9.18 Å². The van der Waals surface area contributed by atoms with Crippen LogP contribution in [-0.2, 0) is 11.8 Å². The number of imidazole rings is 1. The van der Waals surface area contributed by atoms with Crippen molar-refractivity contribution in [2.24, 2.45) is 7.05 Å². The van der Waals surface area contributed by atoms with Crippen LogP contribution in [0.3, 0.4) is 0 Å². The molecule has 1 atom stereocenters. The first-order chi connectivity index (χ1) is 13.5. The maximum atomic E-state index is 13.3. The Morgan fingerprint density at radius 1 is 1.21 bits per heavy atom. The molecule has 0 aliphatic rings. The number of ether oxygens (including phenoxy) is 2. The number of nitrogens with zero attached hydrogens (tertiary/aromatic N) is 2. The molecule has 0 saturated carbocycles. The van der Waals surface area contributed by atoms with Crippen LogP contribution in [0.4, 0.5) is 4.39 Å². The van der Waals surface area contributed by atoms with E-state index in [1.54, 1.807) is 42.3 Å². The van der Waals surface area contributed by atoms with Crippen molar-refractivity contribution in [3.8, 4) is 11.5 Å². The number of hydrogen-bond acceptors (Lipinski definition) is 4. The molecule has 3 rings (SSSR count). The van der Waals surface area contributed by atoms with Crippen LogP contribution in [0.15, 0.2) is 54.9 Å². The van der Waals surface area contributed by atoms with Gasteiger partial charge in [0.05, 0.1) is 7.11 Å². The van der Waals surface area contributed by atoms with Crippen LogP contribution >= 0.6 is 0 Å². The van der Waals surface area contributed by atoms with Gasteiger partial charge in [0, 0.05) is 19.4 Å². The molecule has 0 spiro atoms. The highest BCUT2D eigenvalue weighted by Gasteiger charge is 2.21. The van der Waals surface area contributed by atoms with Gasteiger partial charge in [-0.05, 0) is 42.3 Å². The standard InChI is InChI=1S/C21H22FN3O3/c1-14-4-9-17(18(12-14)27-3)28-13-19(26)24-20(21-23-10-11-25(21)2)15-5-7-16(22)8-6-15/h4-12,20H,13H2,1-3H3,(H,24,26). The number of aryl methyl sites for hydroxylation is 2. The molecule has 2 aromatic carbocycles. The fraction of sp³-hybridized carbons (Fsp3) is 0.238. The maximum Gasteiger partial charge on any atom is 0.258 e. The van der Waals surface area contributed by atoms with Crippen molar-refractivity contribution in [3.05, 3.63) is 77.6 Å². The molecular formula is C21H22FN3O3. The summed E-state index contributed by atoms with van der Waals surface area (Å²) >= 11 is 0. The van der Waals surface area contributed by atoms with Crippen molar-refractivity contribution in [3.63, 3.8) is 0 Å². The van der Waals surface area contributed by atoms with Gasteiger partial charge in [0.2, 0.25) is 0 Å². The van der Waals surface area contributed by atoms with E-state index in [-0.39, 0.29) is 18.3 Å². The summed E-state index contributed by atoms with van der Waals surface area (Å²) in [6, 6.07) is 10.9. The Morgan fingerprint density at radius 3 is 2.61 bits per heavy atom. The molecule has 146 valence electrons. The fourth-order valence-electron chi connectivity index (χ4n) is 2.85. The predicted molar refractivity (Wildman–Crippen MR) is 103 cm³/mol. The van der Waals surface area contributed by atoms with E-state index in [0.717, 1.165) is 11.1 Å². The zero-order valence-corrected chi connectivity index (χ0v) is 16.0. The lowest BCUT2D eigenvalue weighted by molar-refractivity contribution is -0.123. The van der Waals surface area contributed by atoms with E-state index in [0.29, 0.717) is 17.3 Å². The minimum atomic E-state index is -0.531. The van der Waals surface area contributed by atoms with Crippen molar-refractivity contribution >= 4 is 5.91 Å². The Hall–Kier alpha value is -3.35. The first kappa shape index (κ1) is 19.4. The third-order valence-corrected chi connectivity index (χ3v) is 4.30. The van der Waals surface area contributed by atoms with Crippen LogP contribution in [0.2, 0.25) is 0 Å². The number of amides is 1. The third kappa shape index (κ3) is 4.49. The summed E-state index contributed by atoms with van der Waals surface area (Å²) in [6.45, 7) is 1.75. The van der Waals surface area contributed by atoms with Crippen LogP contribution < -0.4 is 14.8 Å². The van der Waals surface area contributed by atoms with Crippen molar-refractivity contribution in [1.29, 1.82) is 0 Å². The van der Waals surface area contributed by atoms with Gasteiger partial charge in [-0.25, -0.2) is 9.37 Å². The molecule has 3 aromatic rings. The minimum Gasteiger partial charge on any atom is -0.493 e. The Morgan fingerprint density at radius 2 is 1.96 bits per heavy atom. The molecule has 0 radical (unpaired) electrons. The second-order valence-corrected chi connectivity index (χ2v) is 6.39. The summed E-state index contributed by atoms with van der Waals surface area (Å²) in [5.74, 6) is 1.00. The number of carbonyl (C=O) groups excluding carboxylic acids is 1. The summed E-state index contributed by atoms with van der Waals surface area (Å²) < 4.78 is 26.0. The fourth-order valence-corrected chi connectivity index (χ4v) is 2.85. The Labute approximate surface area is 162 Å². The van der Waals surface area contributed by atoms with E-state index in [1.807, 2.05) is 26.1 Å². The van der Waals surface area contributed by atoms with Crippen LogP contribution in [0.1, 0.15) is 23.0 Å². The zero-order valence-electron chi connectivity index (χ0n) is 16.0. The topological polar surface area (TPSA) is 65.4 Å². The van der Waals surface area contributed by atoms with Crippen molar-refractivity contribution in [2.45, 2.75) is 13.0 Å². The summed E-state index contributed by atoms with van der Waals surface area (Å²) in [5, 5.41) is 2.90. The number of carbonyl (C=O) groups is 1. The van der Waals surface area contributed by atoms with Crippen LogP contribution in [-0.4, -0.2) is 29.2 Å². The van der Waals surface area contributed by atoms with E-state index in [2.05, 4.69) is 10.3 Å². The quantitative estimate of drug-likeness (QED) is 0.681. The van der Waals surface area contributed by atoms with E-state index < -0.39 is 6.04 Å². The number of hydrogen-bond donors (Lipinski definition) is 1. The van der Waals surface area contributed by atoms with Gasteiger partial charge in [-0.15, -0.1) is 0 Å². The molecule has 6 nitrogen and oxygen atoms in total. The Kier molecular flexibility index (Phi) is 5.93. The molecule has 7 heteroatoms. The molecule has 0 fully saturated rings. The highest BCUT2D eigenvalue weighted by atomic mass is 19.1. The first-order valence-electron chi connectivity index (χ1n) is 8.77. The number of halogens is 1. The largest absolute Gasteiger partial charge is 0.493 e. The number of rotatable bonds is 7. The number of nitrogens with one attached hydrogen (secondary N) is 1. The average Bonchev–Trinajstić information content (AvgIpc) is 3.11. The van der Waals surface area contributed by atoms with Crippen LogP contribution in [0.5, 0.6) is 11.5 Å². The molecule has 0 bridgehead atoms. The molecule has 28 heavy (non-hydrogen) atoms. The van der Waals surface area contributed by atoms with Crippen LogP contribution in [0.25, 0.3) is 0 Å². The lowest BCUT2D eigenvalue weighted by Gasteiger charge is -2.19. The number of benzene rings is 2. The predicted octanol–water partition coefficient (Wildman–Crippen LogP) is 3.16. The second kappa shape index (κ2) is 8.56. The second-order valence-electron chi connectivity index (χ2n) is 6.39. The summed E-state index contributed by atoms with van der Waals surface area (Å²) in [4.78, 5) is 16.9. The third-order valence-electron chi connectivity index (χ3n) is 4.30. The molecule has 1 amide bonds. The number of methoxy groups -OCH3 is 1.